The van der Waals surface area contributed by atoms with Crippen LogP contribution in [0.1, 0.15) is 28.9 Å². The van der Waals surface area contributed by atoms with E-state index in [0.717, 1.165) is 31.6 Å². The SMILES string of the molecule is O=C(c1ccc(NCc2ccccc2F)cn1)N1CCCC1. The summed E-state index contributed by atoms with van der Waals surface area (Å²) < 4.78 is 13.5. The van der Waals surface area contributed by atoms with Crippen LogP contribution in [0.5, 0.6) is 0 Å². The first kappa shape index (κ1) is 14.5. The van der Waals surface area contributed by atoms with Gasteiger partial charge in [0.25, 0.3) is 5.91 Å². The molecule has 1 saturated heterocycles. The van der Waals surface area contributed by atoms with Gasteiger partial charge in [-0.25, -0.2) is 9.37 Å². The van der Waals surface area contributed by atoms with Crippen LogP contribution in [0, 0.1) is 5.82 Å². The van der Waals surface area contributed by atoms with Crippen LogP contribution < -0.4 is 5.32 Å². The molecule has 2 heterocycles. The number of halogens is 1. The topological polar surface area (TPSA) is 45.2 Å². The molecule has 1 aromatic carbocycles. The van der Waals surface area contributed by atoms with Crippen molar-refractivity contribution in [3.63, 3.8) is 0 Å². The van der Waals surface area contributed by atoms with Gasteiger partial charge in [-0.1, -0.05) is 18.2 Å². The summed E-state index contributed by atoms with van der Waals surface area (Å²) in [7, 11) is 0. The molecule has 1 aliphatic heterocycles. The number of aromatic nitrogens is 1. The predicted octanol–water partition coefficient (Wildman–Crippen LogP) is 3.07. The molecule has 1 aromatic heterocycles. The molecule has 0 bridgehead atoms. The van der Waals surface area contributed by atoms with E-state index in [0.29, 0.717) is 17.8 Å². The molecule has 4 nitrogen and oxygen atoms in total. The Balaban J connectivity index is 1.62. The first-order chi connectivity index (χ1) is 10.7. The number of carbonyl (C=O) groups is 1. The van der Waals surface area contributed by atoms with Gasteiger partial charge < -0.3 is 10.2 Å². The number of nitrogens with one attached hydrogen (secondary N) is 1. The minimum Gasteiger partial charge on any atom is -0.380 e. The van der Waals surface area contributed by atoms with Crippen molar-refractivity contribution < 1.29 is 9.18 Å². The lowest BCUT2D eigenvalue weighted by molar-refractivity contribution is 0.0787. The van der Waals surface area contributed by atoms with E-state index in [1.54, 1.807) is 36.5 Å². The molecule has 0 unspecified atom stereocenters. The molecule has 1 fully saturated rings. The highest BCUT2D eigenvalue weighted by Gasteiger charge is 2.20. The molecule has 0 saturated carbocycles. The Labute approximate surface area is 129 Å². The largest absolute Gasteiger partial charge is 0.380 e. The van der Waals surface area contributed by atoms with Crippen LogP contribution in [-0.4, -0.2) is 28.9 Å². The normalized spacial score (nSPS) is 14.1. The second-order valence-electron chi connectivity index (χ2n) is 5.38. The van der Waals surface area contributed by atoms with Gasteiger partial charge in [0.2, 0.25) is 0 Å². The van der Waals surface area contributed by atoms with Gasteiger partial charge in [0.1, 0.15) is 11.5 Å². The summed E-state index contributed by atoms with van der Waals surface area (Å²) in [6.45, 7) is 2.01. The number of amides is 1. The quantitative estimate of drug-likeness (QED) is 0.943. The first-order valence-electron chi connectivity index (χ1n) is 7.46. The number of rotatable bonds is 4. The molecule has 114 valence electrons. The first-order valence-corrected chi connectivity index (χ1v) is 7.46. The van der Waals surface area contributed by atoms with Gasteiger partial charge in [-0.3, -0.25) is 4.79 Å². The zero-order chi connectivity index (χ0) is 15.4. The second kappa shape index (κ2) is 6.56. The van der Waals surface area contributed by atoms with Crippen LogP contribution in [0.25, 0.3) is 0 Å². The van der Waals surface area contributed by atoms with Crippen molar-refractivity contribution in [2.75, 3.05) is 18.4 Å². The lowest BCUT2D eigenvalue weighted by Gasteiger charge is -2.14. The van der Waals surface area contributed by atoms with Crippen LogP contribution >= 0.6 is 0 Å². The maximum absolute atomic E-state index is 13.5. The molecule has 1 amide bonds. The highest BCUT2D eigenvalue weighted by molar-refractivity contribution is 5.92. The van der Waals surface area contributed by atoms with Gasteiger partial charge in [0.15, 0.2) is 0 Å². The van der Waals surface area contributed by atoms with E-state index in [4.69, 9.17) is 0 Å². The Morgan fingerprint density at radius 3 is 2.64 bits per heavy atom. The fourth-order valence-corrected chi connectivity index (χ4v) is 2.55. The molecule has 0 radical (unpaired) electrons. The Morgan fingerprint density at radius 1 is 1.18 bits per heavy atom. The minimum atomic E-state index is -0.233. The number of benzene rings is 1. The van der Waals surface area contributed by atoms with Crippen molar-refractivity contribution in [2.24, 2.45) is 0 Å². The molecule has 0 aliphatic carbocycles. The average molecular weight is 299 g/mol. The van der Waals surface area contributed by atoms with Gasteiger partial charge >= 0.3 is 0 Å². The minimum absolute atomic E-state index is 0.0156. The number of carbonyl (C=O) groups excluding carboxylic acids is 1. The molecule has 2 aromatic rings. The molecule has 22 heavy (non-hydrogen) atoms. The van der Waals surface area contributed by atoms with Gasteiger partial charge in [0.05, 0.1) is 11.9 Å². The summed E-state index contributed by atoms with van der Waals surface area (Å²) in [5.74, 6) is -0.248. The fourth-order valence-electron chi connectivity index (χ4n) is 2.55. The van der Waals surface area contributed by atoms with Gasteiger partial charge in [-0.15, -0.1) is 0 Å². The van der Waals surface area contributed by atoms with E-state index in [1.807, 2.05) is 4.90 Å². The Kier molecular flexibility index (Phi) is 4.32. The summed E-state index contributed by atoms with van der Waals surface area (Å²) in [5.41, 5.74) is 1.82. The summed E-state index contributed by atoms with van der Waals surface area (Å²) in [4.78, 5) is 18.2. The van der Waals surface area contributed by atoms with Crippen LogP contribution in [0.15, 0.2) is 42.6 Å². The van der Waals surface area contributed by atoms with Crippen molar-refractivity contribution in [3.05, 3.63) is 59.7 Å². The number of nitrogens with zero attached hydrogens (tertiary/aromatic N) is 2. The Morgan fingerprint density at radius 2 is 1.95 bits per heavy atom. The zero-order valence-corrected chi connectivity index (χ0v) is 12.3. The van der Waals surface area contributed by atoms with Gasteiger partial charge in [0, 0.05) is 25.2 Å². The lowest BCUT2D eigenvalue weighted by Crippen LogP contribution is -2.28. The number of pyridine rings is 1. The van der Waals surface area contributed by atoms with E-state index >= 15 is 0 Å². The van der Waals surface area contributed by atoms with Crippen molar-refractivity contribution in [3.8, 4) is 0 Å². The van der Waals surface area contributed by atoms with E-state index in [9.17, 15) is 9.18 Å². The molecular weight excluding hydrogens is 281 g/mol. The zero-order valence-electron chi connectivity index (χ0n) is 12.3. The number of anilines is 1. The maximum Gasteiger partial charge on any atom is 0.272 e. The molecule has 3 rings (SSSR count). The summed E-state index contributed by atoms with van der Waals surface area (Å²) >= 11 is 0. The molecule has 0 atom stereocenters. The van der Waals surface area contributed by atoms with Crippen molar-refractivity contribution in [2.45, 2.75) is 19.4 Å². The van der Waals surface area contributed by atoms with Crippen LogP contribution in [0.3, 0.4) is 0 Å². The summed E-state index contributed by atoms with van der Waals surface area (Å²) in [5, 5.41) is 3.11. The highest BCUT2D eigenvalue weighted by atomic mass is 19.1. The van der Waals surface area contributed by atoms with Crippen LogP contribution in [0.4, 0.5) is 10.1 Å². The number of likely N-dealkylation sites (tertiary alicyclic amines) is 1. The highest BCUT2D eigenvalue weighted by Crippen LogP contribution is 2.14. The van der Waals surface area contributed by atoms with Gasteiger partial charge in [-0.2, -0.15) is 0 Å². The van der Waals surface area contributed by atoms with Crippen LogP contribution in [-0.2, 0) is 6.54 Å². The maximum atomic E-state index is 13.5. The third kappa shape index (κ3) is 3.24. The van der Waals surface area contributed by atoms with Crippen molar-refractivity contribution >= 4 is 11.6 Å². The smallest absolute Gasteiger partial charge is 0.272 e. The Bertz CT molecular complexity index is 651. The van der Waals surface area contributed by atoms with Crippen LogP contribution in [0.2, 0.25) is 0 Å². The second-order valence-corrected chi connectivity index (χ2v) is 5.38. The molecule has 1 aliphatic rings. The predicted molar refractivity (Wildman–Crippen MR) is 83.1 cm³/mol. The third-order valence-electron chi connectivity index (χ3n) is 3.82. The summed E-state index contributed by atoms with van der Waals surface area (Å²) in [6.07, 6.45) is 3.74. The average Bonchev–Trinajstić information content (AvgIpc) is 3.08. The van der Waals surface area contributed by atoms with Gasteiger partial charge in [-0.05, 0) is 31.0 Å². The lowest BCUT2D eigenvalue weighted by atomic mass is 10.2. The molecule has 1 N–H and O–H groups in total. The third-order valence-corrected chi connectivity index (χ3v) is 3.82. The number of hydrogen-bond acceptors (Lipinski definition) is 3. The molecule has 0 spiro atoms. The van der Waals surface area contributed by atoms with E-state index in [-0.39, 0.29) is 11.7 Å². The monoisotopic (exact) mass is 299 g/mol. The molecular formula is C17H18FN3O. The van der Waals surface area contributed by atoms with Crippen molar-refractivity contribution in [1.29, 1.82) is 0 Å². The van der Waals surface area contributed by atoms with E-state index in [2.05, 4.69) is 10.3 Å². The fraction of sp³-hybridized carbons (Fsp3) is 0.294. The summed E-state index contributed by atoms with van der Waals surface area (Å²) in [6, 6.07) is 10.2. The Hall–Kier alpha value is -2.43. The standard InChI is InChI=1S/C17H18FN3O/c18-15-6-2-1-5-13(15)11-19-14-7-8-16(20-12-14)17(22)21-9-3-4-10-21/h1-2,5-8,12,19H,3-4,9-11H2. The van der Waals surface area contributed by atoms with Crippen molar-refractivity contribution in [1.82, 2.24) is 9.88 Å². The number of hydrogen-bond donors (Lipinski definition) is 1. The molecule has 5 heteroatoms. The van der Waals surface area contributed by atoms with E-state index < -0.39 is 0 Å². The van der Waals surface area contributed by atoms with E-state index in [1.165, 1.54) is 6.07 Å².